The highest BCUT2D eigenvalue weighted by molar-refractivity contribution is 6.30. The number of rotatable bonds is 6. The van der Waals surface area contributed by atoms with Crippen molar-refractivity contribution in [2.24, 2.45) is 0 Å². The molecule has 1 aromatic heterocycles. The summed E-state index contributed by atoms with van der Waals surface area (Å²) in [7, 11) is 0. The standard InChI is InChI=1S/C19H13ClN4O4/c20-14-3-1-2-13(10-14)18-23-17(28-24-18)11-27-19(26)12-4-6-15(7-5-12)22-16(25)8-9-21/h1-7,10H,8,11H2,(H,22,25). The van der Waals surface area contributed by atoms with E-state index in [4.69, 9.17) is 26.1 Å². The van der Waals surface area contributed by atoms with Crippen molar-refractivity contribution in [2.75, 3.05) is 5.32 Å². The average Bonchev–Trinajstić information content (AvgIpc) is 3.16. The molecule has 0 aliphatic rings. The van der Waals surface area contributed by atoms with Crippen molar-refractivity contribution in [1.82, 2.24) is 10.1 Å². The molecule has 8 nitrogen and oxygen atoms in total. The highest BCUT2D eigenvalue weighted by Gasteiger charge is 2.13. The van der Waals surface area contributed by atoms with Crippen LogP contribution in [0.4, 0.5) is 5.69 Å². The second kappa shape index (κ2) is 8.79. The fraction of sp³-hybridized carbons (Fsp3) is 0.105. The molecule has 2 aromatic carbocycles. The SMILES string of the molecule is N#CCC(=O)Nc1ccc(C(=O)OCc2nc(-c3cccc(Cl)c3)no2)cc1. The van der Waals surface area contributed by atoms with Crippen LogP contribution in [0.3, 0.4) is 0 Å². The van der Waals surface area contributed by atoms with Crippen LogP contribution in [0.2, 0.25) is 5.02 Å². The summed E-state index contributed by atoms with van der Waals surface area (Å²) in [5, 5.41) is 15.4. The van der Waals surface area contributed by atoms with Gasteiger partial charge < -0.3 is 14.6 Å². The van der Waals surface area contributed by atoms with E-state index in [1.807, 2.05) is 0 Å². The van der Waals surface area contributed by atoms with Gasteiger partial charge in [0.25, 0.3) is 5.89 Å². The molecule has 0 unspecified atom stereocenters. The van der Waals surface area contributed by atoms with Crippen molar-refractivity contribution in [3.8, 4) is 17.5 Å². The van der Waals surface area contributed by atoms with E-state index in [-0.39, 0.29) is 24.5 Å². The van der Waals surface area contributed by atoms with Crippen LogP contribution < -0.4 is 5.32 Å². The van der Waals surface area contributed by atoms with Gasteiger partial charge in [-0.05, 0) is 36.4 Å². The first kappa shape index (κ1) is 19.1. The quantitative estimate of drug-likeness (QED) is 0.632. The third-order valence-electron chi connectivity index (χ3n) is 3.52. The van der Waals surface area contributed by atoms with Crippen molar-refractivity contribution in [3.63, 3.8) is 0 Å². The number of esters is 1. The van der Waals surface area contributed by atoms with Gasteiger partial charge in [0.2, 0.25) is 11.7 Å². The van der Waals surface area contributed by atoms with Crippen LogP contribution >= 0.6 is 11.6 Å². The van der Waals surface area contributed by atoms with E-state index >= 15 is 0 Å². The molecule has 1 N–H and O–H groups in total. The van der Waals surface area contributed by atoms with Crippen molar-refractivity contribution >= 4 is 29.2 Å². The molecule has 3 aromatic rings. The van der Waals surface area contributed by atoms with Crippen LogP contribution in [-0.4, -0.2) is 22.0 Å². The first-order valence-corrected chi connectivity index (χ1v) is 8.45. The Morgan fingerprint density at radius 3 is 2.71 bits per heavy atom. The van der Waals surface area contributed by atoms with E-state index < -0.39 is 11.9 Å². The van der Waals surface area contributed by atoms with Gasteiger partial charge in [-0.1, -0.05) is 28.9 Å². The lowest BCUT2D eigenvalue weighted by Gasteiger charge is -2.05. The van der Waals surface area contributed by atoms with Crippen LogP contribution in [-0.2, 0) is 16.1 Å². The number of anilines is 1. The first-order chi connectivity index (χ1) is 13.5. The fourth-order valence-electron chi connectivity index (χ4n) is 2.24. The molecular weight excluding hydrogens is 384 g/mol. The van der Waals surface area contributed by atoms with Crippen LogP contribution in [0, 0.1) is 11.3 Å². The van der Waals surface area contributed by atoms with Crippen molar-refractivity contribution in [1.29, 1.82) is 5.26 Å². The third kappa shape index (κ3) is 4.93. The minimum absolute atomic E-state index is 0.142. The van der Waals surface area contributed by atoms with Crippen molar-refractivity contribution in [3.05, 3.63) is 65.0 Å². The smallest absolute Gasteiger partial charge is 0.338 e. The van der Waals surface area contributed by atoms with Crippen LogP contribution in [0.5, 0.6) is 0 Å². The molecule has 0 aliphatic heterocycles. The van der Waals surface area contributed by atoms with Gasteiger partial charge in [0, 0.05) is 16.3 Å². The zero-order valence-electron chi connectivity index (χ0n) is 14.4. The monoisotopic (exact) mass is 396 g/mol. The van der Waals surface area contributed by atoms with Gasteiger partial charge in [0.1, 0.15) is 6.42 Å². The second-order valence-electron chi connectivity index (χ2n) is 5.56. The molecule has 140 valence electrons. The second-order valence-corrected chi connectivity index (χ2v) is 6.00. The van der Waals surface area contributed by atoms with Gasteiger partial charge in [0.15, 0.2) is 6.61 Å². The summed E-state index contributed by atoms with van der Waals surface area (Å²) in [6, 6.07) is 14.8. The topological polar surface area (TPSA) is 118 Å². The molecule has 0 saturated carbocycles. The van der Waals surface area contributed by atoms with Gasteiger partial charge in [0.05, 0.1) is 11.6 Å². The summed E-state index contributed by atoms with van der Waals surface area (Å²) < 4.78 is 10.2. The molecule has 0 aliphatic carbocycles. The van der Waals surface area contributed by atoms with Crippen LogP contribution in [0.1, 0.15) is 22.7 Å². The Kier molecular flexibility index (Phi) is 5.99. The van der Waals surface area contributed by atoms with Gasteiger partial charge in [-0.25, -0.2) is 4.79 Å². The van der Waals surface area contributed by atoms with Gasteiger partial charge >= 0.3 is 5.97 Å². The summed E-state index contributed by atoms with van der Waals surface area (Å²) >= 11 is 5.93. The summed E-state index contributed by atoms with van der Waals surface area (Å²) in [6.45, 7) is -0.187. The molecule has 0 spiro atoms. The summed E-state index contributed by atoms with van der Waals surface area (Å²) in [5.41, 5.74) is 1.44. The number of hydrogen-bond donors (Lipinski definition) is 1. The van der Waals surface area contributed by atoms with Gasteiger partial charge in [-0.2, -0.15) is 10.2 Å². The maximum Gasteiger partial charge on any atom is 0.338 e. The van der Waals surface area contributed by atoms with E-state index in [0.29, 0.717) is 22.1 Å². The number of benzene rings is 2. The fourth-order valence-corrected chi connectivity index (χ4v) is 2.43. The van der Waals surface area contributed by atoms with Crippen molar-refractivity contribution in [2.45, 2.75) is 13.0 Å². The lowest BCUT2D eigenvalue weighted by molar-refractivity contribution is -0.115. The molecular formula is C19H13ClN4O4. The Balaban J connectivity index is 1.57. The summed E-state index contributed by atoms with van der Waals surface area (Å²) in [4.78, 5) is 27.6. The molecule has 9 heteroatoms. The number of carbonyl (C=O) groups excluding carboxylic acids is 2. The minimum Gasteiger partial charge on any atom is -0.452 e. The highest BCUT2D eigenvalue weighted by Crippen LogP contribution is 2.20. The number of nitrogens with zero attached hydrogens (tertiary/aromatic N) is 3. The average molecular weight is 397 g/mol. The Bertz CT molecular complexity index is 1040. The Hall–Kier alpha value is -3.70. The van der Waals surface area contributed by atoms with Gasteiger partial charge in [-0.15, -0.1) is 0 Å². The Morgan fingerprint density at radius 2 is 2.00 bits per heavy atom. The number of ether oxygens (including phenoxy) is 1. The summed E-state index contributed by atoms with van der Waals surface area (Å²) in [6.07, 6.45) is -0.245. The summed E-state index contributed by atoms with van der Waals surface area (Å²) in [5.74, 6) is -0.531. The minimum atomic E-state index is -0.586. The zero-order chi connectivity index (χ0) is 19.9. The number of aromatic nitrogens is 2. The number of amides is 1. The predicted octanol–water partition coefficient (Wildman–Crippen LogP) is 3.60. The molecule has 28 heavy (non-hydrogen) atoms. The largest absolute Gasteiger partial charge is 0.452 e. The van der Waals surface area contributed by atoms with E-state index in [9.17, 15) is 9.59 Å². The zero-order valence-corrected chi connectivity index (χ0v) is 15.1. The molecule has 0 fully saturated rings. The Morgan fingerprint density at radius 1 is 1.21 bits per heavy atom. The number of nitriles is 1. The maximum atomic E-state index is 12.1. The third-order valence-corrected chi connectivity index (χ3v) is 3.76. The number of halogens is 1. The van der Waals surface area contributed by atoms with E-state index in [1.54, 1.807) is 30.3 Å². The Labute approximate surface area is 164 Å². The van der Waals surface area contributed by atoms with E-state index in [1.165, 1.54) is 24.3 Å². The number of hydrogen-bond acceptors (Lipinski definition) is 7. The van der Waals surface area contributed by atoms with Gasteiger partial charge in [-0.3, -0.25) is 4.79 Å². The molecule has 3 rings (SSSR count). The van der Waals surface area contributed by atoms with E-state index in [0.717, 1.165) is 0 Å². The first-order valence-electron chi connectivity index (χ1n) is 8.07. The highest BCUT2D eigenvalue weighted by atomic mass is 35.5. The lowest BCUT2D eigenvalue weighted by Crippen LogP contribution is -2.10. The van der Waals surface area contributed by atoms with E-state index in [2.05, 4.69) is 15.5 Å². The van der Waals surface area contributed by atoms with Crippen molar-refractivity contribution < 1.29 is 18.8 Å². The molecule has 0 atom stereocenters. The lowest BCUT2D eigenvalue weighted by atomic mass is 10.2. The molecule has 1 heterocycles. The normalized spacial score (nSPS) is 10.1. The number of nitrogens with one attached hydrogen (secondary N) is 1. The molecule has 0 radical (unpaired) electrons. The molecule has 1 amide bonds. The predicted molar refractivity (Wildman–Crippen MR) is 99.2 cm³/mol. The molecule has 0 bridgehead atoms. The molecule has 0 saturated heterocycles. The van der Waals surface area contributed by atoms with Crippen LogP contribution in [0.25, 0.3) is 11.4 Å². The maximum absolute atomic E-state index is 12.1. The van der Waals surface area contributed by atoms with Crippen LogP contribution in [0.15, 0.2) is 53.1 Å². The number of carbonyl (C=O) groups is 2.